The normalized spacial score (nSPS) is 15.7. The van der Waals surface area contributed by atoms with E-state index in [0.29, 0.717) is 23.7 Å². The number of nitrogens with zero attached hydrogens (tertiary/aromatic N) is 1. The summed E-state index contributed by atoms with van der Waals surface area (Å²) in [7, 11) is -3.53. The van der Waals surface area contributed by atoms with E-state index < -0.39 is 21.2 Å². The van der Waals surface area contributed by atoms with Crippen molar-refractivity contribution >= 4 is 33.0 Å². The molecule has 1 aliphatic rings. The second kappa shape index (κ2) is 9.32. The summed E-state index contributed by atoms with van der Waals surface area (Å²) < 4.78 is 30.7. The number of carbonyl (C=O) groups excluding carboxylic acids is 2. The molecule has 172 valence electrons. The Morgan fingerprint density at radius 1 is 1.16 bits per heavy atom. The zero-order valence-electron chi connectivity index (χ0n) is 18.9. The fraction of sp³-hybridized carbons (Fsp3) is 0.417. The van der Waals surface area contributed by atoms with Crippen LogP contribution in [0.25, 0.3) is 0 Å². The average molecular weight is 459 g/mol. The molecule has 0 aromatic heterocycles. The Balaban J connectivity index is 1.74. The van der Waals surface area contributed by atoms with Gasteiger partial charge in [-0.2, -0.15) is 0 Å². The van der Waals surface area contributed by atoms with Gasteiger partial charge in [-0.3, -0.25) is 9.59 Å². The number of rotatable bonds is 7. The van der Waals surface area contributed by atoms with Gasteiger partial charge in [-0.15, -0.1) is 0 Å². The Morgan fingerprint density at radius 3 is 2.50 bits per heavy atom. The number of fused-ring (bicyclic) bond motifs is 1. The highest BCUT2D eigenvalue weighted by Gasteiger charge is 2.38. The standard InChI is InChI=1S/C24H30N2O5S/c1-17(2)15-26-20-11-10-18(14-21(20)31-16-24(3,4)23(26)28)25-22(27)12-13-32(29,30)19-8-6-5-7-9-19/h5-11,14,17H,12-13,15-16H2,1-4H3,(H,25,27). The Kier molecular flexibility index (Phi) is 6.93. The van der Waals surface area contributed by atoms with Crippen molar-refractivity contribution in [1.29, 1.82) is 0 Å². The highest BCUT2D eigenvalue weighted by molar-refractivity contribution is 7.91. The summed E-state index contributed by atoms with van der Waals surface area (Å²) in [5.41, 5.74) is 0.477. The topological polar surface area (TPSA) is 92.8 Å². The van der Waals surface area contributed by atoms with Crippen LogP contribution in [0.1, 0.15) is 34.1 Å². The van der Waals surface area contributed by atoms with Crippen molar-refractivity contribution in [2.24, 2.45) is 11.3 Å². The predicted molar refractivity (Wildman–Crippen MR) is 125 cm³/mol. The summed E-state index contributed by atoms with van der Waals surface area (Å²) in [6.07, 6.45) is -0.167. The van der Waals surface area contributed by atoms with Crippen LogP contribution in [0.3, 0.4) is 0 Å². The lowest BCUT2D eigenvalue weighted by Crippen LogP contribution is -2.43. The van der Waals surface area contributed by atoms with Crippen molar-refractivity contribution in [3.05, 3.63) is 48.5 Å². The molecule has 32 heavy (non-hydrogen) atoms. The molecular weight excluding hydrogens is 428 g/mol. The third-order valence-electron chi connectivity index (χ3n) is 5.19. The third kappa shape index (κ3) is 5.48. The first kappa shape index (κ1) is 23.8. The maximum atomic E-state index is 13.0. The van der Waals surface area contributed by atoms with Crippen LogP contribution < -0.4 is 15.0 Å². The summed E-state index contributed by atoms with van der Waals surface area (Å²) in [4.78, 5) is 27.4. The molecule has 0 aliphatic carbocycles. The number of nitrogens with one attached hydrogen (secondary N) is 1. The second-order valence-electron chi connectivity index (χ2n) is 9.09. The molecule has 0 spiro atoms. The highest BCUT2D eigenvalue weighted by Crippen LogP contribution is 2.38. The van der Waals surface area contributed by atoms with E-state index in [-0.39, 0.29) is 35.5 Å². The van der Waals surface area contributed by atoms with Crippen molar-refractivity contribution in [3.63, 3.8) is 0 Å². The number of carbonyl (C=O) groups is 2. The van der Waals surface area contributed by atoms with Gasteiger partial charge in [0.25, 0.3) is 0 Å². The van der Waals surface area contributed by atoms with Crippen LogP contribution in [0.15, 0.2) is 53.4 Å². The number of ether oxygens (including phenoxy) is 1. The maximum absolute atomic E-state index is 13.0. The van der Waals surface area contributed by atoms with Crippen molar-refractivity contribution in [2.75, 3.05) is 29.1 Å². The molecule has 0 unspecified atom stereocenters. The van der Waals surface area contributed by atoms with Crippen LogP contribution in [0.2, 0.25) is 0 Å². The summed E-state index contributed by atoms with van der Waals surface area (Å²) in [6.45, 7) is 8.57. The Bertz CT molecular complexity index is 1090. The van der Waals surface area contributed by atoms with Gasteiger partial charge in [0.1, 0.15) is 12.4 Å². The number of hydrogen-bond acceptors (Lipinski definition) is 5. The first-order valence-electron chi connectivity index (χ1n) is 10.7. The van der Waals surface area contributed by atoms with E-state index in [1.807, 2.05) is 27.7 Å². The number of sulfone groups is 1. The van der Waals surface area contributed by atoms with Gasteiger partial charge in [0.05, 0.1) is 21.8 Å². The van der Waals surface area contributed by atoms with Gasteiger partial charge >= 0.3 is 0 Å². The average Bonchev–Trinajstić information content (AvgIpc) is 2.83. The van der Waals surface area contributed by atoms with Gasteiger partial charge in [-0.05, 0) is 44.0 Å². The van der Waals surface area contributed by atoms with E-state index in [1.165, 1.54) is 12.1 Å². The van der Waals surface area contributed by atoms with Crippen LogP contribution >= 0.6 is 0 Å². The van der Waals surface area contributed by atoms with Crippen LogP contribution in [0.4, 0.5) is 11.4 Å². The van der Waals surface area contributed by atoms with E-state index in [4.69, 9.17) is 4.74 Å². The molecule has 0 bridgehead atoms. The van der Waals surface area contributed by atoms with Crippen LogP contribution in [0.5, 0.6) is 5.75 Å². The maximum Gasteiger partial charge on any atom is 0.236 e. The minimum atomic E-state index is -3.53. The van der Waals surface area contributed by atoms with Gasteiger partial charge in [-0.25, -0.2) is 8.42 Å². The fourth-order valence-corrected chi connectivity index (χ4v) is 4.73. The molecule has 7 nitrogen and oxygen atoms in total. The molecule has 2 amide bonds. The third-order valence-corrected chi connectivity index (χ3v) is 6.93. The minimum Gasteiger partial charge on any atom is -0.490 e. The molecule has 0 fully saturated rings. The molecule has 1 heterocycles. The Hall–Kier alpha value is -2.87. The molecule has 0 saturated carbocycles. The summed E-state index contributed by atoms with van der Waals surface area (Å²) in [5.74, 6) is 0.0853. The van der Waals surface area contributed by atoms with Crippen LogP contribution in [-0.4, -0.2) is 39.1 Å². The Morgan fingerprint density at radius 2 is 1.84 bits per heavy atom. The first-order valence-corrected chi connectivity index (χ1v) is 12.3. The van der Waals surface area contributed by atoms with E-state index in [2.05, 4.69) is 5.32 Å². The lowest BCUT2D eigenvalue weighted by atomic mass is 9.92. The highest BCUT2D eigenvalue weighted by atomic mass is 32.2. The zero-order valence-corrected chi connectivity index (χ0v) is 19.7. The predicted octanol–water partition coefficient (Wildman–Crippen LogP) is 3.90. The minimum absolute atomic E-state index is 0.00662. The van der Waals surface area contributed by atoms with E-state index in [0.717, 1.165) is 0 Å². The van der Waals surface area contributed by atoms with Crippen molar-refractivity contribution in [3.8, 4) is 5.75 Å². The lowest BCUT2D eigenvalue weighted by Gasteiger charge is -2.29. The Labute approximate surface area is 189 Å². The quantitative estimate of drug-likeness (QED) is 0.679. The molecule has 1 N–H and O–H groups in total. The first-order chi connectivity index (χ1) is 15.0. The van der Waals surface area contributed by atoms with Crippen LogP contribution in [-0.2, 0) is 19.4 Å². The molecule has 1 aliphatic heterocycles. The molecule has 2 aromatic carbocycles. The molecule has 2 aromatic rings. The number of anilines is 2. The molecule has 0 radical (unpaired) electrons. The van der Waals surface area contributed by atoms with Gasteiger partial charge < -0.3 is 15.0 Å². The van der Waals surface area contributed by atoms with Crippen molar-refractivity contribution in [1.82, 2.24) is 0 Å². The number of hydrogen-bond donors (Lipinski definition) is 1. The van der Waals surface area contributed by atoms with Crippen molar-refractivity contribution < 1.29 is 22.7 Å². The monoisotopic (exact) mass is 458 g/mol. The molecule has 0 saturated heterocycles. The smallest absolute Gasteiger partial charge is 0.236 e. The zero-order chi connectivity index (χ0) is 23.5. The van der Waals surface area contributed by atoms with Gasteiger partial charge in [0.2, 0.25) is 11.8 Å². The van der Waals surface area contributed by atoms with E-state index in [1.54, 1.807) is 41.3 Å². The van der Waals surface area contributed by atoms with Gasteiger partial charge in [0, 0.05) is 24.7 Å². The number of benzene rings is 2. The summed E-state index contributed by atoms with van der Waals surface area (Å²) in [5, 5.41) is 2.74. The SMILES string of the molecule is CC(C)CN1C(=O)C(C)(C)COc2cc(NC(=O)CCS(=O)(=O)c3ccccc3)ccc21. The molecule has 0 atom stereocenters. The van der Waals surface area contributed by atoms with Crippen LogP contribution in [0, 0.1) is 11.3 Å². The van der Waals surface area contributed by atoms with Gasteiger partial charge in [0.15, 0.2) is 9.84 Å². The molecular formula is C24H30N2O5S. The van der Waals surface area contributed by atoms with E-state index in [9.17, 15) is 18.0 Å². The summed E-state index contributed by atoms with van der Waals surface area (Å²) >= 11 is 0. The summed E-state index contributed by atoms with van der Waals surface area (Å²) in [6, 6.07) is 13.2. The van der Waals surface area contributed by atoms with E-state index >= 15 is 0 Å². The lowest BCUT2D eigenvalue weighted by molar-refractivity contribution is -0.127. The molecule has 3 rings (SSSR count). The molecule has 8 heteroatoms. The largest absolute Gasteiger partial charge is 0.490 e. The number of amides is 2. The fourth-order valence-electron chi connectivity index (χ4n) is 3.47. The van der Waals surface area contributed by atoms with Gasteiger partial charge in [-0.1, -0.05) is 32.0 Å². The van der Waals surface area contributed by atoms with Crippen molar-refractivity contribution in [2.45, 2.75) is 39.0 Å². The second-order valence-corrected chi connectivity index (χ2v) is 11.2.